The van der Waals surface area contributed by atoms with Crippen LogP contribution in [0.4, 0.5) is 0 Å². The SMILES string of the molecule is CN(CC1CC1)C(=O)c1cc2ccccc2c(Cl)n1. The highest BCUT2D eigenvalue weighted by Crippen LogP contribution is 2.30. The van der Waals surface area contributed by atoms with E-state index in [1.165, 1.54) is 12.8 Å². The first kappa shape index (κ1) is 12.4. The Morgan fingerprint density at radius 2 is 2.16 bits per heavy atom. The van der Waals surface area contributed by atoms with Crippen molar-refractivity contribution in [1.82, 2.24) is 9.88 Å². The van der Waals surface area contributed by atoms with Gasteiger partial charge in [-0.1, -0.05) is 35.9 Å². The van der Waals surface area contributed by atoms with E-state index in [0.717, 1.165) is 17.3 Å². The summed E-state index contributed by atoms with van der Waals surface area (Å²) in [5, 5.41) is 2.22. The summed E-state index contributed by atoms with van der Waals surface area (Å²) in [6, 6.07) is 9.51. The molecule has 0 saturated heterocycles. The van der Waals surface area contributed by atoms with E-state index in [1.54, 1.807) is 4.90 Å². The van der Waals surface area contributed by atoms with E-state index in [1.807, 2.05) is 37.4 Å². The Labute approximate surface area is 117 Å². The smallest absolute Gasteiger partial charge is 0.272 e. The lowest BCUT2D eigenvalue weighted by Crippen LogP contribution is -2.29. The van der Waals surface area contributed by atoms with Crippen molar-refractivity contribution in [1.29, 1.82) is 0 Å². The van der Waals surface area contributed by atoms with Gasteiger partial charge in [-0.05, 0) is 30.2 Å². The number of pyridine rings is 1. The summed E-state index contributed by atoms with van der Waals surface area (Å²) < 4.78 is 0. The summed E-state index contributed by atoms with van der Waals surface area (Å²) in [4.78, 5) is 18.3. The molecule has 0 spiro atoms. The van der Waals surface area contributed by atoms with Gasteiger partial charge in [-0.25, -0.2) is 4.98 Å². The molecule has 0 aliphatic heterocycles. The molecule has 3 rings (SSSR count). The minimum atomic E-state index is -0.0560. The highest BCUT2D eigenvalue weighted by Gasteiger charge is 2.26. The van der Waals surface area contributed by atoms with Crippen LogP contribution >= 0.6 is 11.6 Å². The summed E-state index contributed by atoms with van der Waals surface area (Å²) in [6.45, 7) is 0.810. The zero-order valence-corrected chi connectivity index (χ0v) is 11.5. The molecule has 1 aliphatic rings. The summed E-state index contributed by atoms with van der Waals surface area (Å²) >= 11 is 6.15. The maximum atomic E-state index is 12.3. The van der Waals surface area contributed by atoms with E-state index in [0.29, 0.717) is 16.8 Å². The first-order valence-electron chi connectivity index (χ1n) is 6.46. The van der Waals surface area contributed by atoms with E-state index < -0.39 is 0 Å². The van der Waals surface area contributed by atoms with Crippen molar-refractivity contribution in [2.45, 2.75) is 12.8 Å². The molecule has 0 radical (unpaired) electrons. The molecule has 1 amide bonds. The number of hydrogen-bond donors (Lipinski definition) is 0. The molecule has 98 valence electrons. The normalized spacial score (nSPS) is 14.6. The number of halogens is 1. The Bertz CT molecular complexity index is 637. The lowest BCUT2D eigenvalue weighted by molar-refractivity contribution is 0.0783. The minimum Gasteiger partial charge on any atom is -0.340 e. The van der Waals surface area contributed by atoms with Gasteiger partial charge < -0.3 is 4.90 Å². The molecule has 19 heavy (non-hydrogen) atoms. The molecule has 0 bridgehead atoms. The fraction of sp³-hybridized carbons (Fsp3) is 0.333. The van der Waals surface area contributed by atoms with Crippen LogP contribution in [-0.2, 0) is 0 Å². The maximum absolute atomic E-state index is 12.3. The Balaban J connectivity index is 1.93. The highest BCUT2D eigenvalue weighted by molar-refractivity contribution is 6.34. The molecule has 1 aromatic heterocycles. The van der Waals surface area contributed by atoms with Gasteiger partial charge in [-0.15, -0.1) is 0 Å². The minimum absolute atomic E-state index is 0.0560. The van der Waals surface area contributed by atoms with Crippen LogP contribution < -0.4 is 0 Å². The van der Waals surface area contributed by atoms with Gasteiger partial charge in [0.05, 0.1) is 0 Å². The number of aromatic nitrogens is 1. The summed E-state index contributed by atoms with van der Waals surface area (Å²) in [5.74, 6) is 0.615. The van der Waals surface area contributed by atoms with Crippen LogP contribution in [0.2, 0.25) is 5.15 Å². The third-order valence-electron chi connectivity index (χ3n) is 3.49. The number of rotatable bonds is 3. The van der Waals surface area contributed by atoms with Crippen LogP contribution in [0, 0.1) is 5.92 Å². The number of nitrogens with zero attached hydrogens (tertiary/aromatic N) is 2. The van der Waals surface area contributed by atoms with E-state index in [4.69, 9.17) is 11.6 Å². The topological polar surface area (TPSA) is 33.2 Å². The Kier molecular flexibility index (Phi) is 3.15. The lowest BCUT2D eigenvalue weighted by Gasteiger charge is -2.16. The summed E-state index contributed by atoms with van der Waals surface area (Å²) in [7, 11) is 1.82. The van der Waals surface area contributed by atoms with Crippen molar-refractivity contribution in [2.75, 3.05) is 13.6 Å². The molecule has 0 atom stereocenters. The number of benzene rings is 1. The van der Waals surface area contributed by atoms with Crippen molar-refractivity contribution in [3.63, 3.8) is 0 Å². The molecular formula is C15H15ClN2O. The number of carbonyl (C=O) groups excluding carboxylic acids is 1. The largest absolute Gasteiger partial charge is 0.340 e. The molecule has 2 aromatic rings. The Hall–Kier alpha value is -1.61. The standard InChI is InChI=1S/C15H15ClN2O/c1-18(9-10-6-7-10)15(19)13-8-11-4-2-3-5-12(11)14(16)17-13/h2-5,8,10H,6-7,9H2,1H3. The summed E-state index contributed by atoms with van der Waals surface area (Å²) in [5.41, 5.74) is 0.423. The molecular weight excluding hydrogens is 260 g/mol. The van der Waals surface area contributed by atoms with Crippen LogP contribution in [-0.4, -0.2) is 29.4 Å². The van der Waals surface area contributed by atoms with Crippen molar-refractivity contribution in [2.24, 2.45) is 5.92 Å². The predicted molar refractivity (Wildman–Crippen MR) is 76.4 cm³/mol. The number of fused-ring (bicyclic) bond motifs is 1. The molecule has 1 aromatic carbocycles. The van der Waals surface area contributed by atoms with E-state index in [9.17, 15) is 4.79 Å². The van der Waals surface area contributed by atoms with Crippen LogP contribution in [0.1, 0.15) is 23.3 Å². The van der Waals surface area contributed by atoms with Crippen molar-refractivity contribution in [3.8, 4) is 0 Å². The average molecular weight is 275 g/mol. The predicted octanol–water partition coefficient (Wildman–Crippen LogP) is 3.37. The van der Waals surface area contributed by atoms with Crippen LogP contribution in [0.3, 0.4) is 0 Å². The zero-order valence-electron chi connectivity index (χ0n) is 10.8. The van der Waals surface area contributed by atoms with Crippen LogP contribution in [0.25, 0.3) is 10.8 Å². The molecule has 0 unspecified atom stereocenters. The van der Waals surface area contributed by atoms with Gasteiger partial charge in [-0.3, -0.25) is 4.79 Å². The third kappa shape index (κ3) is 2.56. The summed E-state index contributed by atoms with van der Waals surface area (Å²) in [6.07, 6.45) is 2.45. The molecule has 1 aliphatic carbocycles. The molecule has 0 N–H and O–H groups in total. The fourth-order valence-electron chi connectivity index (χ4n) is 2.23. The van der Waals surface area contributed by atoms with E-state index >= 15 is 0 Å². The van der Waals surface area contributed by atoms with Gasteiger partial charge in [0.2, 0.25) is 0 Å². The lowest BCUT2D eigenvalue weighted by atomic mass is 10.1. The first-order chi connectivity index (χ1) is 9.15. The molecule has 1 fully saturated rings. The number of hydrogen-bond acceptors (Lipinski definition) is 2. The number of carbonyl (C=O) groups is 1. The Morgan fingerprint density at radius 1 is 1.42 bits per heavy atom. The second kappa shape index (κ2) is 4.82. The molecule has 1 heterocycles. The van der Waals surface area contributed by atoms with Crippen molar-refractivity contribution >= 4 is 28.3 Å². The molecule has 3 nitrogen and oxygen atoms in total. The van der Waals surface area contributed by atoms with Gasteiger partial charge in [0, 0.05) is 19.0 Å². The van der Waals surface area contributed by atoms with Crippen LogP contribution in [0.5, 0.6) is 0 Å². The highest BCUT2D eigenvalue weighted by atomic mass is 35.5. The monoisotopic (exact) mass is 274 g/mol. The van der Waals surface area contributed by atoms with E-state index in [2.05, 4.69) is 4.98 Å². The second-order valence-corrected chi connectivity index (χ2v) is 5.51. The number of amides is 1. The fourth-order valence-corrected chi connectivity index (χ4v) is 2.50. The maximum Gasteiger partial charge on any atom is 0.272 e. The van der Waals surface area contributed by atoms with Gasteiger partial charge in [-0.2, -0.15) is 0 Å². The van der Waals surface area contributed by atoms with Crippen molar-refractivity contribution < 1.29 is 4.79 Å². The van der Waals surface area contributed by atoms with Gasteiger partial charge >= 0.3 is 0 Å². The van der Waals surface area contributed by atoms with Gasteiger partial charge in [0.1, 0.15) is 10.8 Å². The zero-order chi connectivity index (χ0) is 13.4. The van der Waals surface area contributed by atoms with Crippen LogP contribution in [0.15, 0.2) is 30.3 Å². The molecule has 1 saturated carbocycles. The first-order valence-corrected chi connectivity index (χ1v) is 6.83. The Morgan fingerprint density at radius 3 is 2.89 bits per heavy atom. The quantitative estimate of drug-likeness (QED) is 0.804. The van der Waals surface area contributed by atoms with Gasteiger partial charge in [0.15, 0.2) is 0 Å². The van der Waals surface area contributed by atoms with E-state index in [-0.39, 0.29) is 5.91 Å². The van der Waals surface area contributed by atoms with Crippen molar-refractivity contribution in [3.05, 3.63) is 41.2 Å². The average Bonchev–Trinajstić information content (AvgIpc) is 3.21. The second-order valence-electron chi connectivity index (χ2n) is 5.15. The van der Waals surface area contributed by atoms with Gasteiger partial charge in [0.25, 0.3) is 5.91 Å². The molecule has 4 heteroatoms. The third-order valence-corrected chi connectivity index (χ3v) is 3.78.